The van der Waals surface area contributed by atoms with Gasteiger partial charge in [-0.2, -0.15) is 0 Å². The molecule has 0 spiro atoms. The monoisotopic (exact) mass is 1000 g/mol. The van der Waals surface area contributed by atoms with E-state index in [-0.39, 0.29) is 76.0 Å². The van der Waals surface area contributed by atoms with Gasteiger partial charge in [0.2, 0.25) is 47.3 Å². The molecule has 0 fully saturated rings. The van der Waals surface area contributed by atoms with E-state index in [1.54, 1.807) is 0 Å². The average molecular weight is 1000 g/mol. The van der Waals surface area contributed by atoms with E-state index >= 15 is 0 Å². The van der Waals surface area contributed by atoms with Gasteiger partial charge in [0.25, 0.3) is 0 Å². The van der Waals surface area contributed by atoms with Crippen molar-refractivity contribution < 1.29 is 78.0 Å². The molecule has 70 heavy (non-hydrogen) atoms. The molecule has 0 aliphatic carbocycles. The zero-order valence-electron chi connectivity index (χ0n) is 37.6. The molecular weight excluding hydrogens is 941 g/mol. The summed E-state index contributed by atoms with van der Waals surface area (Å²) in [6.07, 6.45) is -3.35. The van der Waals surface area contributed by atoms with Gasteiger partial charge in [0.15, 0.2) is 17.9 Å². The molecule has 6 atom stereocenters. The Kier molecular flexibility index (Phi) is 28.9. The molecule has 34 nitrogen and oxygen atoms in total. The summed E-state index contributed by atoms with van der Waals surface area (Å²) in [7, 11) is 0. The summed E-state index contributed by atoms with van der Waals surface area (Å²) in [5, 5.41) is 54.5. The van der Waals surface area contributed by atoms with Crippen LogP contribution in [0.2, 0.25) is 0 Å². The Morgan fingerprint density at radius 2 is 0.686 bits per heavy atom. The lowest BCUT2D eigenvalue weighted by Crippen LogP contribution is -2.57. The van der Waals surface area contributed by atoms with Gasteiger partial charge in [-0.05, 0) is 38.5 Å². The molecule has 0 unspecified atom stereocenters. The topological polar surface area (TPSA) is 601 Å². The van der Waals surface area contributed by atoms with Crippen molar-refractivity contribution in [2.24, 2.45) is 55.1 Å². The lowest BCUT2D eigenvalue weighted by atomic mass is 10.1. The summed E-state index contributed by atoms with van der Waals surface area (Å²) >= 11 is 0. The Balaban J connectivity index is 6.06. The van der Waals surface area contributed by atoms with Crippen LogP contribution in [-0.4, -0.2) is 185 Å². The van der Waals surface area contributed by atoms with E-state index in [0.29, 0.717) is 0 Å². The first-order valence-electron chi connectivity index (χ1n) is 20.8. The molecule has 0 aromatic carbocycles. The van der Waals surface area contributed by atoms with E-state index in [1.165, 1.54) is 0 Å². The highest BCUT2D eigenvalue weighted by molar-refractivity contribution is 5.98. The van der Waals surface area contributed by atoms with Gasteiger partial charge in [-0.25, -0.2) is 4.79 Å². The van der Waals surface area contributed by atoms with Crippen molar-refractivity contribution in [2.45, 2.75) is 94.0 Å². The predicted octanol–water partition coefficient (Wildman–Crippen LogP) is -10.2. The van der Waals surface area contributed by atoms with Gasteiger partial charge in [0.1, 0.15) is 30.2 Å². The van der Waals surface area contributed by atoms with Gasteiger partial charge < -0.3 is 103 Å². The van der Waals surface area contributed by atoms with Crippen molar-refractivity contribution in [3.05, 3.63) is 0 Å². The van der Waals surface area contributed by atoms with E-state index in [0.717, 1.165) is 0 Å². The molecular formula is C36H62N18O16. The van der Waals surface area contributed by atoms with Crippen molar-refractivity contribution in [1.82, 2.24) is 42.5 Å². The SMILES string of the molecule is NC(N)=NCCC[C@H](NC(=O)CNC(=O)[C@H](CC(=O)O)NC(=O)[C@H](CCCN=C(N)N)NC(=O)CNC(=O)[C@H](CC(=O)O)NC(=O)[C@H](CCCN=C(N)N)NC(=O)CNC(=O)[C@@H](N)CC(=O)O)C(=O)O. The standard InChI is InChI=1S/C36H62N18O16/c37-16(10-25(58)59)28(64)47-13-22(55)50-17(4-1-7-44-34(38)39)31(67)53-20(11-26(60)61)29(65)48-14-23(56)51-18(5-2-8-45-35(40)41)32(68)54-21(12-27(62)63)30(66)49-15-24(57)52-19(33(69)70)6-3-9-46-36(42)43/h16-21H,1-15,37H2,(H,47,64)(H,48,65)(H,49,66)(H,50,55)(H,51,56)(H,52,57)(H,53,67)(H,54,68)(H,58,59)(H,60,61)(H,62,63)(H,69,70)(H4,38,39,44)(H4,40,41,45)(H4,42,43,46)/t16-,17-,18-,19-,20-,21-/m0/s1. The number of nitrogens with one attached hydrogen (secondary N) is 8. The minimum absolute atomic E-state index is 0.0176. The molecule has 0 aromatic rings. The Labute approximate surface area is 397 Å². The highest BCUT2D eigenvalue weighted by Crippen LogP contribution is 2.05. The number of rotatable bonds is 35. The second kappa shape index (κ2) is 33.0. The number of aliphatic carboxylic acids is 4. The highest BCUT2D eigenvalue weighted by atomic mass is 16.4. The van der Waals surface area contributed by atoms with Crippen molar-refractivity contribution in [3.8, 4) is 0 Å². The van der Waals surface area contributed by atoms with Crippen LogP contribution < -0.4 is 82.7 Å². The van der Waals surface area contributed by atoms with Crippen LogP contribution in [0.4, 0.5) is 0 Å². The molecule has 8 amide bonds. The molecule has 34 heteroatoms. The summed E-state index contributed by atoms with van der Waals surface area (Å²) in [6, 6.07) is -9.87. The summed E-state index contributed by atoms with van der Waals surface area (Å²) in [6.45, 7) is -2.75. The normalized spacial score (nSPS) is 13.0. The van der Waals surface area contributed by atoms with Crippen molar-refractivity contribution in [3.63, 3.8) is 0 Å². The number of amides is 8. The third-order valence-corrected chi connectivity index (χ3v) is 8.80. The number of carboxylic acids is 4. The quantitative estimate of drug-likeness (QED) is 0.0159. The van der Waals surface area contributed by atoms with E-state index in [9.17, 15) is 72.9 Å². The number of guanidine groups is 3. The van der Waals surface area contributed by atoms with E-state index in [2.05, 4.69) is 57.5 Å². The minimum Gasteiger partial charge on any atom is -0.481 e. The smallest absolute Gasteiger partial charge is 0.326 e. The molecule has 0 radical (unpaired) electrons. The molecule has 392 valence electrons. The maximum Gasteiger partial charge on any atom is 0.326 e. The first-order chi connectivity index (χ1) is 32.7. The molecule has 0 aliphatic rings. The Morgan fingerprint density at radius 3 is 0.986 bits per heavy atom. The van der Waals surface area contributed by atoms with Crippen LogP contribution in [0, 0.1) is 0 Å². The molecule has 0 aliphatic heterocycles. The summed E-state index contributed by atoms with van der Waals surface area (Å²) in [5.41, 5.74) is 37.2. The zero-order chi connectivity index (χ0) is 53.5. The van der Waals surface area contributed by atoms with E-state index in [4.69, 9.17) is 45.2 Å². The molecule has 0 rings (SSSR count). The lowest BCUT2D eigenvalue weighted by molar-refractivity contribution is -0.142. The Hall–Kier alpha value is -8.59. The summed E-state index contributed by atoms with van der Waals surface area (Å²) in [4.78, 5) is 161. The largest absolute Gasteiger partial charge is 0.481 e. The van der Waals surface area contributed by atoms with E-state index < -0.39 is 146 Å². The Morgan fingerprint density at radius 1 is 0.386 bits per heavy atom. The van der Waals surface area contributed by atoms with Crippen molar-refractivity contribution in [2.75, 3.05) is 39.3 Å². The number of nitrogens with two attached hydrogens (primary N) is 7. The van der Waals surface area contributed by atoms with Gasteiger partial charge in [-0.15, -0.1) is 0 Å². The summed E-state index contributed by atoms with van der Waals surface area (Å²) < 4.78 is 0. The predicted molar refractivity (Wildman–Crippen MR) is 241 cm³/mol. The van der Waals surface area contributed by atoms with Gasteiger partial charge in [-0.1, -0.05) is 0 Å². The second-order valence-corrected chi connectivity index (χ2v) is 14.7. The molecule has 0 bridgehead atoms. The summed E-state index contributed by atoms with van der Waals surface area (Å²) in [5.74, 6) is -15.8. The Bertz CT molecular complexity index is 1970. The highest BCUT2D eigenvalue weighted by Gasteiger charge is 2.32. The third-order valence-electron chi connectivity index (χ3n) is 8.80. The molecule has 0 aromatic heterocycles. The van der Waals surface area contributed by atoms with Gasteiger partial charge >= 0.3 is 23.9 Å². The molecule has 0 saturated heterocycles. The number of carboxylic acid groups (broad SMARTS) is 4. The maximum absolute atomic E-state index is 13.5. The van der Waals surface area contributed by atoms with Crippen LogP contribution in [0.15, 0.2) is 15.0 Å². The van der Waals surface area contributed by atoms with Gasteiger partial charge in [0.05, 0.1) is 44.9 Å². The van der Waals surface area contributed by atoms with Crippen LogP contribution >= 0.6 is 0 Å². The van der Waals surface area contributed by atoms with E-state index in [1.807, 2.05) is 0 Å². The van der Waals surface area contributed by atoms with Crippen LogP contribution in [-0.2, 0) is 57.5 Å². The van der Waals surface area contributed by atoms with Crippen LogP contribution in [0.25, 0.3) is 0 Å². The number of nitrogens with zero attached hydrogens (tertiary/aromatic N) is 3. The van der Waals surface area contributed by atoms with Gasteiger partial charge in [0, 0.05) is 19.6 Å². The number of aliphatic imine (C=N–C) groups is 3. The third kappa shape index (κ3) is 29.1. The number of hydrogen-bond donors (Lipinski definition) is 19. The number of carbonyl (C=O) groups excluding carboxylic acids is 8. The lowest BCUT2D eigenvalue weighted by Gasteiger charge is -2.23. The fraction of sp³-hybridized carbons (Fsp3) is 0.583. The van der Waals surface area contributed by atoms with Gasteiger partial charge in [-0.3, -0.25) is 67.7 Å². The second-order valence-electron chi connectivity index (χ2n) is 14.7. The fourth-order valence-corrected chi connectivity index (χ4v) is 5.51. The van der Waals surface area contributed by atoms with Crippen molar-refractivity contribution >= 4 is 89.0 Å². The molecule has 0 heterocycles. The molecule has 0 saturated carbocycles. The zero-order valence-corrected chi connectivity index (χ0v) is 37.6. The maximum atomic E-state index is 13.5. The average Bonchev–Trinajstić information content (AvgIpc) is 3.25. The fourth-order valence-electron chi connectivity index (χ4n) is 5.51. The number of carbonyl (C=O) groups is 12. The van der Waals surface area contributed by atoms with Crippen LogP contribution in [0.3, 0.4) is 0 Å². The van der Waals surface area contributed by atoms with Crippen molar-refractivity contribution in [1.29, 1.82) is 0 Å². The minimum atomic E-state index is -1.91. The first-order valence-corrected chi connectivity index (χ1v) is 20.8. The first kappa shape index (κ1) is 61.4. The molecule has 26 N–H and O–H groups in total. The van der Waals surface area contributed by atoms with Crippen LogP contribution in [0.1, 0.15) is 57.8 Å². The number of hydrogen-bond acceptors (Lipinski definition) is 16. The van der Waals surface area contributed by atoms with Crippen LogP contribution in [0.5, 0.6) is 0 Å².